The van der Waals surface area contributed by atoms with Crippen LogP contribution < -0.4 is 5.73 Å². The summed E-state index contributed by atoms with van der Waals surface area (Å²) in [6.45, 7) is 1.85. The lowest BCUT2D eigenvalue weighted by Gasteiger charge is -2.26. The minimum absolute atomic E-state index is 0.134. The van der Waals surface area contributed by atoms with Gasteiger partial charge in [0.2, 0.25) is 0 Å². The largest absolute Gasteiger partial charge is 0.386 e. The average molecular weight is 295 g/mol. The molecule has 0 radical (unpaired) electrons. The number of aliphatic hydroxyl groups is 1. The number of carbonyl (C=O) groups is 1. The fourth-order valence-corrected chi connectivity index (χ4v) is 4.06. The van der Waals surface area contributed by atoms with Gasteiger partial charge in [-0.05, 0) is 24.5 Å². The summed E-state index contributed by atoms with van der Waals surface area (Å²) >= 11 is 1.38. The highest BCUT2D eigenvalue weighted by Gasteiger charge is 2.24. The molecule has 112 valence electrons. The van der Waals surface area contributed by atoms with E-state index in [0.29, 0.717) is 12.3 Å². The van der Waals surface area contributed by atoms with Crippen molar-refractivity contribution in [2.24, 2.45) is 11.7 Å². The average Bonchev–Trinajstić information content (AvgIpc) is 2.96. The number of Topliss-reactive ketones (excluding diaryl/α,β-unsaturated/α-hetero) is 1. The summed E-state index contributed by atoms with van der Waals surface area (Å²) in [7, 11) is 0. The zero-order valence-corrected chi connectivity index (χ0v) is 13.0. The lowest BCUT2D eigenvalue weighted by atomic mass is 9.84. The van der Waals surface area contributed by atoms with E-state index in [0.717, 1.165) is 16.2 Å². The van der Waals surface area contributed by atoms with Crippen molar-refractivity contribution in [3.63, 3.8) is 0 Å². The molecule has 2 rings (SSSR count). The number of aliphatic hydroxyl groups excluding tert-OH is 1. The Kier molecular flexibility index (Phi) is 5.75. The molecule has 3 nitrogen and oxygen atoms in total. The minimum Gasteiger partial charge on any atom is -0.386 e. The molecule has 1 saturated carbocycles. The van der Waals surface area contributed by atoms with Crippen molar-refractivity contribution in [1.82, 2.24) is 0 Å². The van der Waals surface area contributed by atoms with E-state index in [1.54, 1.807) is 0 Å². The Balaban J connectivity index is 1.93. The summed E-state index contributed by atoms with van der Waals surface area (Å²) in [4.78, 5) is 13.2. The van der Waals surface area contributed by atoms with Crippen molar-refractivity contribution in [2.45, 2.75) is 64.0 Å². The van der Waals surface area contributed by atoms with E-state index in [2.05, 4.69) is 0 Å². The van der Waals surface area contributed by atoms with Gasteiger partial charge in [0, 0.05) is 17.3 Å². The van der Waals surface area contributed by atoms with Crippen LogP contribution in [0.1, 0.15) is 72.5 Å². The molecule has 0 spiro atoms. The zero-order chi connectivity index (χ0) is 14.5. The fraction of sp³-hybridized carbons (Fsp3) is 0.688. The third kappa shape index (κ3) is 3.90. The SMILES string of the molecule is CCC(=O)c1ccc([C@H](O)[C@@H](N)CC2CCCCC2)s1. The molecule has 3 N–H and O–H groups in total. The molecule has 1 aromatic rings. The summed E-state index contributed by atoms with van der Waals surface area (Å²) < 4.78 is 0. The van der Waals surface area contributed by atoms with E-state index >= 15 is 0 Å². The summed E-state index contributed by atoms with van der Waals surface area (Å²) in [6.07, 6.45) is 7.15. The Morgan fingerprint density at radius 3 is 2.75 bits per heavy atom. The molecule has 0 amide bonds. The number of hydrogen-bond acceptors (Lipinski definition) is 4. The first kappa shape index (κ1) is 15.7. The predicted octanol–water partition coefficient (Wildman–Crippen LogP) is 3.67. The minimum atomic E-state index is -0.639. The van der Waals surface area contributed by atoms with Crippen LogP contribution >= 0.6 is 11.3 Å². The molecule has 0 saturated heterocycles. The summed E-state index contributed by atoms with van der Waals surface area (Å²) in [6, 6.07) is 3.43. The van der Waals surface area contributed by atoms with Gasteiger partial charge in [-0.1, -0.05) is 39.0 Å². The van der Waals surface area contributed by atoms with E-state index in [1.165, 1.54) is 43.4 Å². The maximum atomic E-state index is 11.6. The Labute approximate surface area is 125 Å². The highest BCUT2D eigenvalue weighted by molar-refractivity contribution is 7.14. The van der Waals surface area contributed by atoms with Gasteiger partial charge in [0.1, 0.15) is 6.10 Å². The van der Waals surface area contributed by atoms with Crippen molar-refractivity contribution in [2.75, 3.05) is 0 Å². The summed E-state index contributed by atoms with van der Waals surface area (Å²) in [5.41, 5.74) is 6.17. The first-order chi connectivity index (χ1) is 9.61. The maximum absolute atomic E-state index is 11.6. The molecular weight excluding hydrogens is 270 g/mol. The number of thiophene rings is 1. The molecule has 0 bridgehead atoms. The molecule has 0 unspecified atom stereocenters. The van der Waals surface area contributed by atoms with Crippen molar-refractivity contribution >= 4 is 17.1 Å². The standard InChI is InChI=1S/C16H25NO2S/c1-2-13(18)14-8-9-15(20-14)16(19)12(17)10-11-6-4-3-5-7-11/h8-9,11-12,16,19H,2-7,10,17H2,1H3/t12-,16+/m0/s1. The third-order valence-electron chi connectivity index (χ3n) is 4.25. The molecule has 1 aromatic heterocycles. The smallest absolute Gasteiger partial charge is 0.172 e. The van der Waals surface area contributed by atoms with Crippen molar-refractivity contribution in [1.29, 1.82) is 0 Å². The van der Waals surface area contributed by atoms with Gasteiger partial charge in [0.25, 0.3) is 0 Å². The van der Waals surface area contributed by atoms with Crippen molar-refractivity contribution < 1.29 is 9.90 Å². The molecule has 1 heterocycles. The normalized spacial score (nSPS) is 19.8. The second-order valence-electron chi connectivity index (χ2n) is 5.83. The Bertz CT molecular complexity index is 437. The van der Waals surface area contributed by atoms with Gasteiger partial charge in [-0.25, -0.2) is 0 Å². The van der Waals surface area contributed by atoms with Crippen LogP contribution in [0.25, 0.3) is 0 Å². The van der Waals surface area contributed by atoms with Gasteiger partial charge in [-0.2, -0.15) is 0 Å². The molecule has 20 heavy (non-hydrogen) atoms. The van der Waals surface area contributed by atoms with Crippen molar-refractivity contribution in [3.8, 4) is 0 Å². The lowest BCUT2D eigenvalue weighted by molar-refractivity contribution is 0.0992. The molecular formula is C16H25NO2S. The van der Waals surface area contributed by atoms with Gasteiger partial charge in [0.05, 0.1) is 4.88 Å². The van der Waals surface area contributed by atoms with E-state index < -0.39 is 6.10 Å². The van der Waals surface area contributed by atoms with Crippen LogP contribution in [0.3, 0.4) is 0 Å². The quantitative estimate of drug-likeness (QED) is 0.787. The summed E-state index contributed by atoms with van der Waals surface area (Å²) in [5.74, 6) is 0.791. The summed E-state index contributed by atoms with van der Waals surface area (Å²) in [5, 5.41) is 10.4. The van der Waals surface area contributed by atoms with Crippen LogP contribution in [-0.2, 0) is 0 Å². The van der Waals surface area contributed by atoms with E-state index in [4.69, 9.17) is 5.73 Å². The first-order valence-electron chi connectivity index (χ1n) is 7.68. The molecule has 1 fully saturated rings. The van der Waals surface area contributed by atoms with E-state index in [1.807, 2.05) is 19.1 Å². The van der Waals surface area contributed by atoms with Crippen LogP contribution in [0.5, 0.6) is 0 Å². The van der Waals surface area contributed by atoms with E-state index in [-0.39, 0.29) is 11.8 Å². The van der Waals surface area contributed by atoms with E-state index in [9.17, 15) is 9.90 Å². The topological polar surface area (TPSA) is 63.3 Å². The monoisotopic (exact) mass is 295 g/mol. The number of hydrogen-bond donors (Lipinski definition) is 2. The van der Waals surface area contributed by atoms with Gasteiger partial charge < -0.3 is 10.8 Å². The second-order valence-corrected chi connectivity index (χ2v) is 6.94. The maximum Gasteiger partial charge on any atom is 0.172 e. The van der Waals surface area contributed by atoms with Crippen LogP contribution in [0.2, 0.25) is 0 Å². The van der Waals surface area contributed by atoms with Crippen LogP contribution in [-0.4, -0.2) is 16.9 Å². The van der Waals surface area contributed by atoms with Gasteiger partial charge in [-0.3, -0.25) is 4.79 Å². The lowest BCUT2D eigenvalue weighted by Crippen LogP contribution is -2.31. The van der Waals surface area contributed by atoms with Gasteiger partial charge in [-0.15, -0.1) is 11.3 Å². The molecule has 4 heteroatoms. The van der Waals surface area contributed by atoms with Gasteiger partial charge in [0.15, 0.2) is 5.78 Å². The Morgan fingerprint density at radius 1 is 1.40 bits per heavy atom. The van der Waals surface area contributed by atoms with Crippen molar-refractivity contribution in [3.05, 3.63) is 21.9 Å². The Hall–Kier alpha value is -0.710. The number of rotatable bonds is 6. The number of carbonyl (C=O) groups excluding carboxylic acids is 1. The predicted molar refractivity (Wildman–Crippen MR) is 83.1 cm³/mol. The highest BCUT2D eigenvalue weighted by Crippen LogP contribution is 2.32. The molecule has 1 aliphatic rings. The first-order valence-corrected chi connectivity index (χ1v) is 8.50. The van der Waals surface area contributed by atoms with Crippen LogP contribution in [0.4, 0.5) is 0 Å². The Morgan fingerprint density at radius 2 is 2.10 bits per heavy atom. The van der Waals surface area contributed by atoms with Crippen LogP contribution in [0.15, 0.2) is 12.1 Å². The highest BCUT2D eigenvalue weighted by atomic mass is 32.1. The van der Waals surface area contributed by atoms with Crippen LogP contribution in [0, 0.1) is 5.92 Å². The number of ketones is 1. The second kappa shape index (κ2) is 7.34. The molecule has 0 aliphatic heterocycles. The molecule has 1 aliphatic carbocycles. The molecule has 2 atom stereocenters. The van der Waals surface area contributed by atoms with Gasteiger partial charge >= 0.3 is 0 Å². The third-order valence-corrected chi connectivity index (χ3v) is 5.45. The number of nitrogens with two attached hydrogens (primary N) is 1. The molecule has 0 aromatic carbocycles. The zero-order valence-electron chi connectivity index (χ0n) is 12.2. The fourth-order valence-electron chi connectivity index (χ4n) is 2.98.